The zero-order valence-electron chi connectivity index (χ0n) is 11.6. The molecular weight excluding hydrogens is 245 g/mol. The van der Waals surface area contributed by atoms with Crippen molar-refractivity contribution in [3.05, 3.63) is 29.6 Å². The van der Waals surface area contributed by atoms with Crippen molar-refractivity contribution in [2.75, 3.05) is 24.6 Å². The van der Waals surface area contributed by atoms with Gasteiger partial charge in [-0.05, 0) is 44.4 Å². The van der Waals surface area contributed by atoms with Crippen molar-refractivity contribution < 1.29 is 14.2 Å². The summed E-state index contributed by atoms with van der Waals surface area (Å²) < 4.78 is 19.7. The van der Waals surface area contributed by atoms with E-state index in [4.69, 9.17) is 4.74 Å². The van der Waals surface area contributed by atoms with Gasteiger partial charge in [0.25, 0.3) is 0 Å². The molecule has 2 atom stereocenters. The first kappa shape index (κ1) is 14.3. The van der Waals surface area contributed by atoms with Gasteiger partial charge in [0.15, 0.2) is 0 Å². The van der Waals surface area contributed by atoms with E-state index in [-0.39, 0.29) is 11.9 Å². The first-order valence-corrected chi connectivity index (χ1v) is 6.96. The van der Waals surface area contributed by atoms with Gasteiger partial charge in [-0.15, -0.1) is 0 Å². The monoisotopic (exact) mass is 267 g/mol. The molecule has 0 aromatic heterocycles. The summed E-state index contributed by atoms with van der Waals surface area (Å²) in [6, 6.07) is 4.94. The topological polar surface area (TPSA) is 32.7 Å². The molecule has 1 N–H and O–H groups in total. The van der Waals surface area contributed by atoms with Gasteiger partial charge in [0.2, 0.25) is 0 Å². The largest absolute Gasteiger partial charge is 0.389 e. The molecule has 1 aromatic rings. The summed E-state index contributed by atoms with van der Waals surface area (Å²) in [6.07, 6.45) is 1.70. The normalized spacial score (nSPS) is 20.5. The second-order valence-electron chi connectivity index (χ2n) is 5.06. The van der Waals surface area contributed by atoms with Crippen LogP contribution in [-0.2, 0) is 4.74 Å². The van der Waals surface area contributed by atoms with Crippen LogP contribution < -0.4 is 4.90 Å². The number of aliphatic hydroxyl groups excluding tert-OH is 1. The molecule has 1 aliphatic heterocycles. The average Bonchev–Trinajstić information content (AvgIpc) is 2.89. The van der Waals surface area contributed by atoms with Crippen LogP contribution in [0.4, 0.5) is 10.1 Å². The van der Waals surface area contributed by atoms with Crippen LogP contribution in [0.1, 0.15) is 38.4 Å². The molecule has 1 fully saturated rings. The lowest BCUT2D eigenvalue weighted by Gasteiger charge is -2.26. The standard InChI is InChI=1S/C15H22FNO2/c1-3-17(10-13-5-4-8-19-13)15-7-6-12(11(2)18)9-14(15)16/h6-7,9,11,13,18H,3-5,8,10H2,1-2H3/t11-,13?/m1/s1. The Morgan fingerprint density at radius 3 is 2.84 bits per heavy atom. The summed E-state index contributed by atoms with van der Waals surface area (Å²) in [7, 11) is 0. The molecule has 0 saturated carbocycles. The zero-order chi connectivity index (χ0) is 13.8. The van der Waals surface area contributed by atoms with E-state index in [1.165, 1.54) is 6.07 Å². The summed E-state index contributed by atoms with van der Waals surface area (Å²) in [6.45, 7) is 5.92. The maximum absolute atomic E-state index is 14.1. The summed E-state index contributed by atoms with van der Waals surface area (Å²) in [5.41, 5.74) is 1.19. The number of hydrogen-bond donors (Lipinski definition) is 1. The van der Waals surface area contributed by atoms with Crippen molar-refractivity contribution in [2.24, 2.45) is 0 Å². The third-order valence-electron chi connectivity index (χ3n) is 3.62. The summed E-state index contributed by atoms with van der Waals surface area (Å²) in [4.78, 5) is 2.00. The number of halogens is 1. The number of aliphatic hydroxyl groups is 1. The van der Waals surface area contributed by atoms with Crippen LogP contribution in [0, 0.1) is 5.82 Å². The predicted octanol–water partition coefficient (Wildman–Crippen LogP) is 2.88. The minimum atomic E-state index is -0.642. The minimum Gasteiger partial charge on any atom is -0.389 e. The number of rotatable bonds is 5. The molecule has 1 aromatic carbocycles. The van der Waals surface area contributed by atoms with Crippen LogP contribution in [0.15, 0.2) is 18.2 Å². The van der Waals surface area contributed by atoms with Crippen molar-refractivity contribution in [1.29, 1.82) is 0 Å². The first-order valence-electron chi connectivity index (χ1n) is 6.96. The molecule has 3 nitrogen and oxygen atoms in total. The minimum absolute atomic E-state index is 0.204. The molecular formula is C15H22FNO2. The van der Waals surface area contributed by atoms with Crippen LogP contribution in [0.3, 0.4) is 0 Å². The fraction of sp³-hybridized carbons (Fsp3) is 0.600. The summed E-state index contributed by atoms with van der Waals surface area (Å²) >= 11 is 0. The van der Waals surface area contributed by atoms with Crippen molar-refractivity contribution >= 4 is 5.69 Å². The van der Waals surface area contributed by atoms with Gasteiger partial charge in [-0.25, -0.2) is 4.39 Å². The van der Waals surface area contributed by atoms with E-state index in [1.807, 2.05) is 11.8 Å². The number of benzene rings is 1. The molecule has 1 aliphatic rings. The SMILES string of the molecule is CCN(CC1CCCO1)c1ccc([C@@H](C)O)cc1F. The van der Waals surface area contributed by atoms with E-state index in [0.717, 1.165) is 32.5 Å². The molecule has 1 saturated heterocycles. The smallest absolute Gasteiger partial charge is 0.146 e. The highest BCUT2D eigenvalue weighted by atomic mass is 19.1. The van der Waals surface area contributed by atoms with Gasteiger partial charge in [-0.3, -0.25) is 0 Å². The highest BCUT2D eigenvalue weighted by Crippen LogP contribution is 2.25. The van der Waals surface area contributed by atoms with Crippen LogP contribution in [0.25, 0.3) is 0 Å². The van der Waals surface area contributed by atoms with E-state index >= 15 is 0 Å². The Kier molecular flexibility index (Phi) is 4.77. The van der Waals surface area contributed by atoms with Crippen LogP contribution in [0.2, 0.25) is 0 Å². The molecule has 1 heterocycles. The highest BCUT2D eigenvalue weighted by molar-refractivity contribution is 5.49. The number of likely N-dealkylation sites (N-methyl/N-ethyl adjacent to an activating group) is 1. The van der Waals surface area contributed by atoms with Crippen molar-refractivity contribution in [3.8, 4) is 0 Å². The Morgan fingerprint density at radius 2 is 2.32 bits per heavy atom. The fourth-order valence-corrected chi connectivity index (χ4v) is 2.47. The van der Waals surface area contributed by atoms with E-state index in [0.29, 0.717) is 11.3 Å². The fourth-order valence-electron chi connectivity index (χ4n) is 2.47. The van der Waals surface area contributed by atoms with E-state index < -0.39 is 6.10 Å². The van der Waals surface area contributed by atoms with Crippen molar-refractivity contribution in [3.63, 3.8) is 0 Å². The Morgan fingerprint density at radius 1 is 1.53 bits per heavy atom. The van der Waals surface area contributed by atoms with Gasteiger partial charge in [0.1, 0.15) is 5.82 Å². The van der Waals surface area contributed by atoms with E-state index in [1.54, 1.807) is 19.1 Å². The van der Waals surface area contributed by atoms with E-state index in [9.17, 15) is 9.50 Å². The lowest BCUT2D eigenvalue weighted by atomic mass is 10.1. The molecule has 2 rings (SSSR count). The molecule has 1 unspecified atom stereocenters. The third-order valence-corrected chi connectivity index (χ3v) is 3.62. The van der Waals surface area contributed by atoms with Crippen LogP contribution >= 0.6 is 0 Å². The van der Waals surface area contributed by atoms with Gasteiger partial charge < -0.3 is 14.7 Å². The Hall–Kier alpha value is -1.13. The third kappa shape index (κ3) is 3.45. The first-order chi connectivity index (χ1) is 9.11. The Labute approximate surface area is 114 Å². The summed E-state index contributed by atoms with van der Waals surface area (Å²) in [5.74, 6) is -0.279. The maximum Gasteiger partial charge on any atom is 0.146 e. The predicted molar refractivity (Wildman–Crippen MR) is 73.9 cm³/mol. The maximum atomic E-state index is 14.1. The van der Waals surface area contributed by atoms with Crippen molar-refractivity contribution in [2.45, 2.75) is 38.9 Å². The molecule has 0 amide bonds. The van der Waals surface area contributed by atoms with Gasteiger partial charge in [0, 0.05) is 19.7 Å². The Balaban J connectivity index is 2.13. The molecule has 0 radical (unpaired) electrons. The van der Waals surface area contributed by atoms with Gasteiger partial charge in [0.05, 0.1) is 17.9 Å². The average molecular weight is 267 g/mol. The van der Waals surface area contributed by atoms with Crippen LogP contribution in [0.5, 0.6) is 0 Å². The molecule has 19 heavy (non-hydrogen) atoms. The quantitative estimate of drug-likeness (QED) is 0.890. The Bertz CT molecular complexity index is 417. The highest BCUT2D eigenvalue weighted by Gasteiger charge is 2.20. The number of ether oxygens (including phenoxy) is 1. The second kappa shape index (κ2) is 6.35. The van der Waals surface area contributed by atoms with Gasteiger partial charge in [-0.1, -0.05) is 6.07 Å². The van der Waals surface area contributed by atoms with E-state index in [2.05, 4.69) is 0 Å². The number of nitrogens with zero attached hydrogens (tertiary/aromatic N) is 1. The summed E-state index contributed by atoms with van der Waals surface area (Å²) in [5, 5.41) is 9.46. The molecule has 0 aliphatic carbocycles. The number of hydrogen-bond acceptors (Lipinski definition) is 3. The molecule has 0 spiro atoms. The molecule has 0 bridgehead atoms. The van der Waals surface area contributed by atoms with Crippen molar-refractivity contribution in [1.82, 2.24) is 0 Å². The zero-order valence-corrected chi connectivity index (χ0v) is 11.6. The molecule has 4 heteroatoms. The van der Waals surface area contributed by atoms with Gasteiger partial charge >= 0.3 is 0 Å². The lowest BCUT2D eigenvalue weighted by molar-refractivity contribution is 0.115. The van der Waals surface area contributed by atoms with Crippen LogP contribution in [-0.4, -0.2) is 30.9 Å². The number of anilines is 1. The lowest BCUT2D eigenvalue weighted by Crippen LogP contribution is -2.32. The van der Waals surface area contributed by atoms with Gasteiger partial charge in [-0.2, -0.15) is 0 Å². The molecule has 106 valence electrons. The second-order valence-corrected chi connectivity index (χ2v) is 5.06.